The molecule has 2 aliphatic heterocycles. The molecule has 8 nitrogen and oxygen atoms in total. The molecule has 2 aliphatic rings. The van der Waals surface area contributed by atoms with Crippen molar-refractivity contribution in [1.82, 2.24) is 14.7 Å². The molecule has 0 N–H and O–H groups in total. The SMILES string of the molecule is CC(C)N1C(=O)C(c2ccc([N+](=O)[O-])cc2)=C(N(C)C2CCN(C)CC2)C1=O. The molecule has 0 aliphatic carbocycles. The Morgan fingerprint density at radius 3 is 2.18 bits per heavy atom. The average Bonchev–Trinajstić information content (AvgIpc) is 2.92. The summed E-state index contributed by atoms with van der Waals surface area (Å²) >= 11 is 0. The van der Waals surface area contributed by atoms with Gasteiger partial charge >= 0.3 is 0 Å². The topological polar surface area (TPSA) is 87.0 Å². The number of non-ortho nitro benzene ring substituents is 1. The van der Waals surface area contributed by atoms with Crippen molar-refractivity contribution in [2.75, 3.05) is 27.2 Å². The predicted molar refractivity (Wildman–Crippen MR) is 105 cm³/mol. The zero-order valence-corrected chi connectivity index (χ0v) is 16.7. The number of hydrogen-bond acceptors (Lipinski definition) is 6. The largest absolute Gasteiger partial charge is 0.366 e. The number of imide groups is 1. The van der Waals surface area contributed by atoms with Crippen molar-refractivity contribution >= 4 is 23.1 Å². The monoisotopic (exact) mass is 386 g/mol. The third-order valence-corrected chi connectivity index (χ3v) is 5.56. The van der Waals surface area contributed by atoms with Crippen LogP contribution in [0, 0.1) is 10.1 Å². The minimum absolute atomic E-state index is 0.0490. The van der Waals surface area contributed by atoms with E-state index in [1.807, 2.05) is 25.8 Å². The molecule has 1 saturated heterocycles. The molecule has 0 saturated carbocycles. The number of carbonyl (C=O) groups is 2. The summed E-state index contributed by atoms with van der Waals surface area (Å²) in [5.41, 5.74) is 1.20. The third kappa shape index (κ3) is 3.52. The van der Waals surface area contributed by atoms with Crippen LogP contribution < -0.4 is 0 Å². The highest BCUT2D eigenvalue weighted by Crippen LogP contribution is 2.35. The third-order valence-electron chi connectivity index (χ3n) is 5.56. The molecule has 28 heavy (non-hydrogen) atoms. The van der Waals surface area contributed by atoms with Gasteiger partial charge in [-0.2, -0.15) is 0 Å². The number of nitrogens with zero attached hydrogens (tertiary/aromatic N) is 4. The van der Waals surface area contributed by atoms with Crippen molar-refractivity contribution in [2.45, 2.75) is 38.8 Å². The Morgan fingerprint density at radius 2 is 1.68 bits per heavy atom. The maximum Gasteiger partial charge on any atom is 0.278 e. The van der Waals surface area contributed by atoms with Gasteiger partial charge in [0.2, 0.25) is 0 Å². The first-order valence-corrected chi connectivity index (χ1v) is 9.50. The van der Waals surface area contributed by atoms with Gasteiger partial charge in [0.05, 0.1) is 10.5 Å². The Bertz CT molecular complexity index is 823. The van der Waals surface area contributed by atoms with E-state index in [0.29, 0.717) is 16.8 Å². The van der Waals surface area contributed by atoms with Gasteiger partial charge in [0, 0.05) is 31.3 Å². The smallest absolute Gasteiger partial charge is 0.278 e. The summed E-state index contributed by atoms with van der Waals surface area (Å²) in [5.74, 6) is -0.640. The van der Waals surface area contributed by atoms with E-state index in [2.05, 4.69) is 11.9 Å². The van der Waals surface area contributed by atoms with E-state index in [0.717, 1.165) is 25.9 Å². The van der Waals surface area contributed by atoms with Gasteiger partial charge in [0.15, 0.2) is 0 Å². The number of amides is 2. The number of nitro benzene ring substituents is 1. The van der Waals surface area contributed by atoms with E-state index >= 15 is 0 Å². The zero-order valence-electron chi connectivity index (χ0n) is 16.7. The van der Waals surface area contributed by atoms with Gasteiger partial charge in [-0.3, -0.25) is 24.6 Å². The Balaban J connectivity index is 2.04. The lowest BCUT2D eigenvalue weighted by atomic mass is 10.00. The average molecular weight is 386 g/mol. The van der Waals surface area contributed by atoms with Crippen molar-refractivity contribution in [1.29, 1.82) is 0 Å². The van der Waals surface area contributed by atoms with Crippen LogP contribution in [0.2, 0.25) is 0 Å². The maximum absolute atomic E-state index is 13.2. The molecule has 0 aromatic heterocycles. The van der Waals surface area contributed by atoms with Crippen LogP contribution in [0.5, 0.6) is 0 Å². The maximum atomic E-state index is 13.2. The van der Waals surface area contributed by atoms with Crippen molar-refractivity contribution in [3.05, 3.63) is 45.6 Å². The summed E-state index contributed by atoms with van der Waals surface area (Å²) in [4.78, 5) is 42.2. The molecule has 0 unspecified atom stereocenters. The van der Waals surface area contributed by atoms with Gasteiger partial charge in [-0.25, -0.2) is 0 Å². The number of piperidine rings is 1. The Labute approximate surface area is 164 Å². The normalized spacial score (nSPS) is 19.1. The Morgan fingerprint density at radius 1 is 1.11 bits per heavy atom. The number of carbonyl (C=O) groups excluding carboxylic acids is 2. The van der Waals surface area contributed by atoms with Crippen molar-refractivity contribution in [3.8, 4) is 0 Å². The number of likely N-dealkylation sites (N-methyl/N-ethyl adjacent to an activating group) is 1. The van der Waals surface area contributed by atoms with E-state index in [9.17, 15) is 19.7 Å². The highest BCUT2D eigenvalue weighted by molar-refractivity contribution is 6.35. The molecule has 0 spiro atoms. The van der Waals surface area contributed by atoms with Crippen LogP contribution in [0.25, 0.3) is 5.57 Å². The lowest BCUT2D eigenvalue weighted by Crippen LogP contribution is -2.44. The fourth-order valence-corrected chi connectivity index (χ4v) is 3.91. The molecular formula is C20H26N4O4. The predicted octanol–water partition coefficient (Wildman–Crippen LogP) is 2.11. The first-order valence-electron chi connectivity index (χ1n) is 9.50. The Hall–Kier alpha value is -2.74. The second kappa shape index (κ2) is 7.71. The van der Waals surface area contributed by atoms with Crippen LogP contribution in [0.4, 0.5) is 5.69 Å². The van der Waals surface area contributed by atoms with Gasteiger partial charge < -0.3 is 9.80 Å². The summed E-state index contributed by atoms with van der Waals surface area (Å²) in [5, 5.41) is 10.9. The highest BCUT2D eigenvalue weighted by Gasteiger charge is 2.43. The molecule has 1 aromatic carbocycles. The first-order chi connectivity index (χ1) is 13.2. The molecule has 0 atom stereocenters. The van der Waals surface area contributed by atoms with E-state index in [1.54, 1.807) is 12.1 Å². The van der Waals surface area contributed by atoms with E-state index in [4.69, 9.17) is 0 Å². The summed E-state index contributed by atoms with van der Waals surface area (Å²) < 4.78 is 0. The molecule has 3 rings (SSSR count). The lowest BCUT2D eigenvalue weighted by molar-refractivity contribution is -0.384. The van der Waals surface area contributed by atoms with E-state index in [-0.39, 0.29) is 29.6 Å². The molecule has 0 radical (unpaired) electrons. The highest BCUT2D eigenvalue weighted by atomic mass is 16.6. The minimum Gasteiger partial charge on any atom is -0.366 e. The molecule has 2 heterocycles. The van der Waals surface area contributed by atoms with Gasteiger partial charge in [0.25, 0.3) is 17.5 Å². The van der Waals surface area contributed by atoms with E-state index in [1.165, 1.54) is 17.0 Å². The Kier molecular flexibility index (Phi) is 5.51. The minimum atomic E-state index is -0.480. The molecule has 1 fully saturated rings. The van der Waals surface area contributed by atoms with Crippen molar-refractivity contribution in [3.63, 3.8) is 0 Å². The van der Waals surface area contributed by atoms with Gasteiger partial charge in [-0.1, -0.05) is 0 Å². The fourth-order valence-electron chi connectivity index (χ4n) is 3.91. The molecular weight excluding hydrogens is 360 g/mol. The van der Waals surface area contributed by atoms with Crippen LogP contribution in [0.1, 0.15) is 32.3 Å². The van der Waals surface area contributed by atoms with Gasteiger partial charge in [-0.05, 0) is 64.5 Å². The number of nitro groups is 1. The van der Waals surface area contributed by atoms with Crippen LogP contribution >= 0.6 is 0 Å². The molecule has 8 heteroatoms. The van der Waals surface area contributed by atoms with Crippen molar-refractivity contribution < 1.29 is 14.5 Å². The summed E-state index contributed by atoms with van der Waals surface area (Å²) in [6.07, 6.45) is 1.82. The summed E-state index contributed by atoms with van der Waals surface area (Å²) in [6, 6.07) is 5.73. The number of rotatable bonds is 5. The summed E-state index contributed by atoms with van der Waals surface area (Å²) in [6.45, 7) is 5.49. The standard InChI is InChI=1S/C20H26N4O4/c1-13(2)23-19(25)17(14-5-7-16(8-6-14)24(27)28)18(20(23)26)22(4)15-9-11-21(3)12-10-15/h5-8,13,15H,9-12H2,1-4H3. The molecule has 150 valence electrons. The van der Waals surface area contributed by atoms with Crippen LogP contribution in [-0.2, 0) is 9.59 Å². The lowest BCUT2D eigenvalue weighted by Gasteiger charge is -2.36. The number of benzene rings is 1. The van der Waals surface area contributed by atoms with Crippen LogP contribution in [-0.4, -0.2) is 70.7 Å². The molecule has 1 aromatic rings. The van der Waals surface area contributed by atoms with Crippen LogP contribution in [0.15, 0.2) is 30.0 Å². The van der Waals surface area contributed by atoms with Gasteiger partial charge in [0.1, 0.15) is 5.70 Å². The second-order valence-electron chi connectivity index (χ2n) is 7.75. The number of likely N-dealkylation sites (tertiary alicyclic amines) is 1. The quantitative estimate of drug-likeness (QED) is 0.438. The number of hydrogen-bond donors (Lipinski definition) is 0. The summed E-state index contributed by atoms with van der Waals surface area (Å²) in [7, 11) is 3.94. The zero-order chi connectivity index (χ0) is 20.6. The van der Waals surface area contributed by atoms with Crippen LogP contribution in [0.3, 0.4) is 0 Å². The first kappa shape index (κ1) is 20.0. The molecule has 2 amide bonds. The van der Waals surface area contributed by atoms with Crippen molar-refractivity contribution in [2.24, 2.45) is 0 Å². The fraction of sp³-hybridized carbons (Fsp3) is 0.500. The van der Waals surface area contributed by atoms with E-state index < -0.39 is 4.92 Å². The molecule has 0 bridgehead atoms. The van der Waals surface area contributed by atoms with Gasteiger partial charge in [-0.15, -0.1) is 0 Å². The second-order valence-corrected chi connectivity index (χ2v) is 7.75.